The van der Waals surface area contributed by atoms with E-state index in [2.05, 4.69) is 5.43 Å². The number of hydrazine groups is 1. The zero-order valence-corrected chi connectivity index (χ0v) is 11.2. The van der Waals surface area contributed by atoms with E-state index in [-0.39, 0.29) is 17.0 Å². The van der Waals surface area contributed by atoms with Gasteiger partial charge in [-0.1, -0.05) is 18.2 Å². The number of hydrogen-bond acceptors (Lipinski definition) is 4. The molecule has 0 bridgehead atoms. The summed E-state index contributed by atoms with van der Waals surface area (Å²) in [5, 5.41) is 8.88. The molecule has 2 rings (SSSR count). The van der Waals surface area contributed by atoms with E-state index in [1.54, 1.807) is 24.3 Å². The highest BCUT2D eigenvalue weighted by atomic mass is 19.2. The van der Waals surface area contributed by atoms with Gasteiger partial charge in [-0.05, 0) is 29.3 Å². The van der Waals surface area contributed by atoms with Gasteiger partial charge in [0.2, 0.25) is 0 Å². The lowest BCUT2D eigenvalue weighted by atomic mass is 10.0. The molecule has 22 heavy (non-hydrogen) atoms. The Morgan fingerprint density at radius 3 is 2.23 bits per heavy atom. The first kappa shape index (κ1) is 15.4. The van der Waals surface area contributed by atoms with Crippen LogP contribution in [0.4, 0.5) is 13.2 Å². The summed E-state index contributed by atoms with van der Waals surface area (Å²) in [6.07, 6.45) is 0. The van der Waals surface area contributed by atoms with E-state index < -0.39 is 17.5 Å². The minimum atomic E-state index is -1.53. The Morgan fingerprint density at radius 1 is 1.05 bits per heavy atom. The fraction of sp³-hybridized carbons (Fsp3) is 0. The number of rotatable bonds is 3. The molecule has 5 N–H and O–H groups in total. The quantitative estimate of drug-likeness (QED) is 0.351. The second-order valence-electron chi connectivity index (χ2n) is 4.38. The van der Waals surface area contributed by atoms with E-state index in [0.717, 1.165) is 12.1 Å². The Balaban J connectivity index is 2.55. The van der Waals surface area contributed by atoms with Crippen molar-refractivity contribution in [3.63, 3.8) is 0 Å². The first-order valence-electron chi connectivity index (χ1n) is 6.09. The van der Waals surface area contributed by atoms with Gasteiger partial charge in [-0.2, -0.15) is 5.26 Å². The standard InChI is InChI=1S/C15H11F3N4/c16-11-5-10(6-12(17)14(11)18)8-2-1-3-9(4-8)15(20)13(7-19)22-21/h1-6,22H,20-21H2/b15-13-. The van der Waals surface area contributed by atoms with Crippen LogP contribution < -0.4 is 17.0 Å². The number of hydrogen-bond donors (Lipinski definition) is 3. The molecule has 2 aromatic carbocycles. The van der Waals surface area contributed by atoms with Gasteiger partial charge >= 0.3 is 0 Å². The summed E-state index contributed by atoms with van der Waals surface area (Å²) in [5.74, 6) is 1.07. The minimum absolute atomic E-state index is 0.0476. The van der Waals surface area contributed by atoms with Crippen LogP contribution in [0.1, 0.15) is 5.56 Å². The average molecular weight is 304 g/mol. The van der Waals surface area contributed by atoms with Crippen molar-refractivity contribution >= 4 is 5.70 Å². The van der Waals surface area contributed by atoms with E-state index in [9.17, 15) is 13.2 Å². The fourth-order valence-corrected chi connectivity index (χ4v) is 1.90. The normalized spacial score (nSPS) is 11.6. The molecule has 4 nitrogen and oxygen atoms in total. The molecule has 0 heterocycles. The van der Waals surface area contributed by atoms with Crippen molar-refractivity contribution in [2.75, 3.05) is 0 Å². The van der Waals surface area contributed by atoms with Gasteiger partial charge in [0.15, 0.2) is 23.1 Å². The second kappa shape index (κ2) is 6.20. The average Bonchev–Trinajstić information content (AvgIpc) is 2.53. The SMILES string of the molecule is N#C/C(NN)=C(/N)c1cccc(-c2cc(F)c(F)c(F)c2)c1. The molecule has 0 spiro atoms. The van der Waals surface area contributed by atoms with Crippen LogP contribution in [0.2, 0.25) is 0 Å². The van der Waals surface area contributed by atoms with Crippen molar-refractivity contribution in [1.29, 1.82) is 5.26 Å². The molecular weight excluding hydrogens is 293 g/mol. The monoisotopic (exact) mass is 304 g/mol. The summed E-state index contributed by atoms with van der Waals surface area (Å²) in [4.78, 5) is 0. The van der Waals surface area contributed by atoms with Gasteiger partial charge in [-0.25, -0.2) is 19.0 Å². The van der Waals surface area contributed by atoms with Crippen molar-refractivity contribution < 1.29 is 13.2 Å². The third-order valence-corrected chi connectivity index (χ3v) is 3.02. The molecule has 0 aliphatic rings. The minimum Gasteiger partial charge on any atom is -0.396 e. The second-order valence-corrected chi connectivity index (χ2v) is 4.38. The van der Waals surface area contributed by atoms with Gasteiger partial charge in [-0.15, -0.1) is 0 Å². The highest BCUT2D eigenvalue weighted by Crippen LogP contribution is 2.26. The number of benzene rings is 2. The number of nitriles is 1. The molecule has 0 aromatic heterocycles. The van der Waals surface area contributed by atoms with Gasteiger partial charge in [0, 0.05) is 5.56 Å². The zero-order valence-electron chi connectivity index (χ0n) is 11.2. The Kier molecular flexibility index (Phi) is 4.34. The number of nitrogens with zero attached hydrogens (tertiary/aromatic N) is 1. The molecule has 0 unspecified atom stereocenters. The van der Waals surface area contributed by atoms with Gasteiger partial charge in [0.1, 0.15) is 6.07 Å². The molecule has 0 aliphatic heterocycles. The molecule has 0 radical (unpaired) electrons. The van der Waals surface area contributed by atoms with E-state index in [4.69, 9.17) is 16.8 Å². The third kappa shape index (κ3) is 2.87. The largest absolute Gasteiger partial charge is 0.396 e. The fourth-order valence-electron chi connectivity index (χ4n) is 1.90. The van der Waals surface area contributed by atoms with Crippen LogP contribution in [0.25, 0.3) is 16.8 Å². The molecule has 0 fully saturated rings. The van der Waals surface area contributed by atoms with Crippen LogP contribution in [0, 0.1) is 28.8 Å². The summed E-state index contributed by atoms with van der Waals surface area (Å²) in [6, 6.07) is 9.81. The Morgan fingerprint density at radius 2 is 1.68 bits per heavy atom. The van der Waals surface area contributed by atoms with E-state index >= 15 is 0 Å². The molecule has 0 amide bonds. The van der Waals surface area contributed by atoms with Crippen LogP contribution >= 0.6 is 0 Å². The molecule has 0 saturated carbocycles. The lowest BCUT2D eigenvalue weighted by molar-refractivity contribution is 0.448. The number of allylic oxidation sites excluding steroid dienone is 1. The summed E-state index contributed by atoms with van der Waals surface area (Å²) in [7, 11) is 0. The number of nitrogens with two attached hydrogens (primary N) is 2. The van der Waals surface area contributed by atoms with Gasteiger partial charge in [0.25, 0.3) is 0 Å². The summed E-state index contributed by atoms with van der Waals surface area (Å²) in [6.45, 7) is 0. The summed E-state index contributed by atoms with van der Waals surface area (Å²) in [5.41, 5.74) is 8.97. The van der Waals surface area contributed by atoms with Crippen molar-refractivity contribution in [3.05, 3.63) is 65.1 Å². The first-order valence-corrected chi connectivity index (χ1v) is 6.09. The summed E-state index contributed by atoms with van der Waals surface area (Å²) >= 11 is 0. The highest BCUT2D eigenvalue weighted by Gasteiger charge is 2.12. The van der Waals surface area contributed by atoms with Crippen LogP contribution in [0.15, 0.2) is 42.1 Å². The maximum absolute atomic E-state index is 13.3. The Labute approximate surface area is 124 Å². The lowest BCUT2D eigenvalue weighted by Crippen LogP contribution is -2.23. The van der Waals surface area contributed by atoms with Crippen molar-refractivity contribution in [3.8, 4) is 17.2 Å². The van der Waals surface area contributed by atoms with Crippen LogP contribution in [-0.2, 0) is 0 Å². The molecule has 2 aromatic rings. The number of halogens is 3. The maximum atomic E-state index is 13.3. The summed E-state index contributed by atoms with van der Waals surface area (Å²) < 4.78 is 39.6. The molecular formula is C15H11F3N4. The smallest absolute Gasteiger partial charge is 0.194 e. The van der Waals surface area contributed by atoms with Gasteiger partial charge < -0.3 is 11.2 Å². The zero-order chi connectivity index (χ0) is 16.3. The van der Waals surface area contributed by atoms with Crippen LogP contribution in [0.5, 0.6) is 0 Å². The third-order valence-electron chi connectivity index (χ3n) is 3.02. The lowest BCUT2D eigenvalue weighted by Gasteiger charge is -2.08. The van der Waals surface area contributed by atoms with E-state index in [1.165, 1.54) is 6.07 Å². The predicted octanol–water partition coefficient (Wildman–Crippen LogP) is 2.39. The Hall–Kier alpha value is -2.98. The van der Waals surface area contributed by atoms with Gasteiger partial charge in [-0.3, -0.25) is 0 Å². The van der Waals surface area contributed by atoms with Gasteiger partial charge in [0.05, 0.1) is 5.70 Å². The van der Waals surface area contributed by atoms with Crippen molar-refractivity contribution in [2.45, 2.75) is 0 Å². The van der Waals surface area contributed by atoms with Crippen LogP contribution in [-0.4, -0.2) is 0 Å². The molecule has 0 atom stereocenters. The maximum Gasteiger partial charge on any atom is 0.194 e. The van der Waals surface area contributed by atoms with Crippen molar-refractivity contribution in [1.82, 2.24) is 5.43 Å². The predicted molar refractivity (Wildman–Crippen MR) is 75.8 cm³/mol. The van der Waals surface area contributed by atoms with Crippen LogP contribution in [0.3, 0.4) is 0 Å². The molecule has 112 valence electrons. The molecule has 0 saturated heterocycles. The van der Waals surface area contributed by atoms with Crippen molar-refractivity contribution in [2.24, 2.45) is 11.6 Å². The highest BCUT2D eigenvalue weighted by molar-refractivity contribution is 5.74. The van der Waals surface area contributed by atoms with E-state index in [0.29, 0.717) is 11.1 Å². The van der Waals surface area contributed by atoms with E-state index in [1.807, 2.05) is 0 Å². The molecule has 7 heteroatoms. The topological polar surface area (TPSA) is 87.9 Å². The number of nitrogens with one attached hydrogen (secondary N) is 1. The molecule has 0 aliphatic carbocycles. The first-order chi connectivity index (χ1) is 10.5. The Bertz CT molecular complexity index is 771.